The van der Waals surface area contributed by atoms with Gasteiger partial charge in [-0.25, -0.2) is 13.4 Å². The molecule has 8 nitrogen and oxygen atoms in total. The molecule has 0 saturated heterocycles. The van der Waals surface area contributed by atoms with Crippen LogP contribution in [0.3, 0.4) is 0 Å². The first-order valence-corrected chi connectivity index (χ1v) is 12.6. The Bertz CT molecular complexity index is 1380. The number of hydrogen-bond donors (Lipinski definition) is 0. The molecule has 0 spiro atoms. The predicted molar refractivity (Wildman–Crippen MR) is 131 cm³/mol. The lowest BCUT2D eigenvalue weighted by molar-refractivity contribution is 0.264. The summed E-state index contributed by atoms with van der Waals surface area (Å²) >= 11 is 5.67. The molecule has 1 aromatic heterocycles. The molecular formula is C25H26ClN3O5S. The highest BCUT2D eigenvalue weighted by atomic mass is 35.5. The summed E-state index contributed by atoms with van der Waals surface area (Å²) in [5.74, 6) is 1.11. The van der Waals surface area contributed by atoms with E-state index in [9.17, 15) is 18.9 Å². The van der Waals surface area contributed by atoms with Crippen LogP contribution in [-0.4, -0.2) is 32.1 Å². The minimum Gasteiger partial charge on any atom is -0.491 e. The minimum absolute atomic E-state index is 0. The molecule has 0 unspecified atom stereocenters. The fourth-order valence-corrected chi connectivity index (χ4v) is 4.21. The molecule has 2 aromatic carbocycles. The summed E-state index contributed by atoms with van der Waals surface area (Å²) in [6.07, 6.45) is 2.06. The van der Waals surface area contributed by atoms with Crippen molar-refractivity contribution in [3.8, 4) is 23.6 Å². The topological polar surface area (TPSA) is 126 Å². The lowest BCUT2D eigenvalue weighted by Gasteiger charge is -2.27. The van der Waals surface area contributed by atoms with Gasteiger partial charge in [0.2, 0.25) is 0 Å². The number of hydrogen-bond acceptors (Lipinski definition) is 8. The van der Waals surface area contributed by atoms with Gasteiger partial charge in [0.15, 0.2) is 27.0 Å². The van der Waals surface area contributed by atoms with Gasteiger partial charge < -0.3 is 13.9 Å². The van der Waals surface area contributed by atoms with Gasteiger partial charge in [-0.1, -0.05) is 33.4 Å². The van der Waals surface area contributed by atoms with Gasteiger partial charge >= 0.3 is 0 Å². The van der Waals surface area contributed by atoms with Crippen molar-refractivity contribution in [1.82, 2.24) is 4.98 Å². The Kier molecular flexibility index (Phi) is 8.92. The standard InChI is InChI=1S/C24H22ClN3O5S.CH4/c1-24(2,18-4-6-20(31-9-8-25)16(10-18)12-26)19-5-7-21(17(11-19)13-27)32-14-22-23(28-15-33-22)34(3,29)30;/h4-7,10-11,15H,8-9,14H2,1-3H3;1H4. The minimum atomic E-state index is -3.57. The molecule has 0 aliphatic heterocycles. The number of oxazole rings is 1. The van der Waals surface area contributed by atoms with Crippen LogP contribution in [0.4, 0.5) is 0 Å². The van der Waals surface area contributed by atoms with Crippen LogP contribution >= 0.6 is 11.6 Å². The first kappa shape index (κ1) is 27.7. The SMILES string of the molecule is C.CC(C)(c1ccc(OCCCl)c(C#N)c1)c1ccc(OCc2ocnc2S(C)(=O)=O)c(C#N)c1. The number of rotatable bonds is 9. The number of halogens is 1. The smallest absolute Gasteiger partial charge is 0.200 e. The van der Waals surface area contributed by atoms with Crippen LogP contribution < -0.4 is 9.47 Å². The molecule has 0 N–H and O–H groups in total. The molecule has 1 heterocycles. The summed E-state index contributed by atoms with van der Waals surface area (Å²) in [6, 6.07) is 14.8. The Labute approximate surface area is 210 Å². The molecule has 0 bridgehead atoms. The van der Waals surface area contributed by atoms with E-state index in [1.165, 1.54) is 0 Å². The number of alkyl halides is 1. The van der Waals surface area contributed by atoms with Crippen LogP contribution in [0.15, 0.2) is 52.2 Å². The lowest BCUT2D eigenvalue weighted by atomic mass is 9.77. The molecule has 0 radical (unpaired) electrons. The highest BCUT2D eigenvalue weighted by Gasteiger charge is 2.26. The van der Waals surface area contributed by atoms with Crippen LogP contribution in [0.25, 0.3) is 0 Å². The fraction of sp³-hybridized carbons (Fsp3) is 0.320. The van der Waals surface area contributed by atoms with Crippen molar-refractivity contribution in [2.45, 2.75) is 38.3 Å². The maximum Gasteiger partial charge on any atom is 0.200 e. The molecule has 184 valence electrons. The second-order valence-electron chi connectivity index (χ2n) is 7.95. The molecule has 0 fully saturated rings. The van der Waals surface area contributed by atoms with E-state index < -0.39 is 15.3 Å². The Morgan fingerprint density at radius 2 is 1.57 bits per heavy atom. The Morgan fingerprint density at radius 3 is 2.06 bits per heavy atom. The number of benzene rings is 2. The second-order valence-corrected chi connectivity index (χ2v) is 10.3. The number of nitriles is 2. The van der Waals surface area contributed by atoms with E-state index in [-0.39, 0.29) is 36.1 Å². The van der Waals surface area contributed by atoms with Crippen molar-refractivity contribution >= 4 is 21.4 Å². The molecule has 0 atom stereocenters. The van der Waals surface area contributed by atoms with Gasteiger partial charge in [0, 0.05) is 11.7 Å². The van der Waals surface area contributed by atoms with Crippen LogP contribution in [-0.2, 0) is 21.9 Å². The largest absolute Gasteiger partial charge is 0.491 e. The Balaban J connectivity index is 0.00000432. The predicted octanol–water partition coefficient (Wildman–Crippen LogP) is 4.98. The van der Waals surface area contributed by atoms with Gasteiger partial charge in [-0.3, -0.25) is 0 Å². The third-order valence-corrected chi connectivity index (χ3v) is 6.48. The summed E-state index contributed by atoms with van der Waals surface area (Å²) in [7, 11) is -3.57. The molecule has 0 amide bonds. The zero-order valence-corrected chi connectivity index (χ0v) is 20.4. The van der Waals surface area contributed by atoms with E-state index in [4.69, 9.17) is 25.5 Å². The first-order chi connectivity index (χ1) is 16.1. The molecule has 0 aliphatic rings. The maximum absolute atomic E-state index is 11.8. The fourth-order valence-electron chi connectivity index (χ4n) is 3.38. The number of ether oxygens (including phenoxy) is 2. The molecule has 0 saturated carbocycles. The lowest BCUT2D eigenvalue weighted by Crippen LogP contribution is -2.19. The van der Waals surface area contributed by atoms with Crippen molar-refractivity contribution in [2.75, 3.05) is 18.7 Å². The number of aromatic nitrogens is 1. The van der Waals surface area contributed by atoms with Crippen molar-refractivity contribution < 1.29 is 22.3 Å². The Morgan fingerprint density at radius 1 is 1.03 bits per heavy atom. The summed E-state index contributed by atoms with van der Waals surface area (Å²) < 4.78 is 39.9. The van der Waals surface area contributed by atoms with Crippen LogP contribution in [0, 0.1) is 22.7 Å². The van der Waals surface area contributed by atoms with E-state index in [0.717, 1.165) is 23.8 Å². The number of sulfone groups is 1. The quantitative estimate of drug-likeness (QED) is 0.365. The van der Waals surface area contributed by atoms with Gasteiger partial charge in [-0.05, 0) is 35.4 Å². The van der Waals surface area contributed by atoms with Crippen molar-refractivity contribution in [3.05, 3.63) is 70.8 Å². The summed E-state index contributed by atoms with van der Waals surface area (Å²) in [5.41, 5.74) is 1.80. The molecule has 35 heavy (non-hydrogen) atoms. The molecule has 0 aliphatic carbocycles. The Hall–Kier alpha value is -3.53. The molecular weight excluding hydrogens is 490 g/mol. The van der Waals surface area contributed by atoms with Crippen molar-refractivity contribution in [3.63, 3.8) is 0 Å². The summed E-state index contributed by atoms with van der Waals surface area (Å²) in [4.78, 5) is 3.72. The summed E-state index contributed by atoms with van der Waals surface area (Å²) in [6.45, 7) is 4.06. The normalized spacial score (nSPS) is 11.1. The van der Waals surface area contributed by atoms with E-state index in [0.29, 0.717) is 23.8 Å². The van der Waals surface area contributed by atoms with Crippen LogP contribution in [0.1, 0.15) is 49.3 Å². The molecule has 3 aromatic rings. The van der Waals surface area contributed by atoms with Crippen molar-refractivity contribution in [1.29, 1.82) is 10.5 Å². The zero-order chi connectivity index (χ0) is 24.9. The first-order valence-electron chi connectivity index (χ1n) is 10.1. The van der Waals surface area contributed by atoms with E-state index in [1.54, 1.807) is 24.3 Å². The number of nitrogens with zero attached hydrogens (tertiary/aromatic N) is 3. The van der Waals surface area contributed by atoms with Gasteiger partial charge in [-0.15, -0.1) is 11.6 Å². The van der Waals surface area contributed by atoms with Gasteiger partial charge in [0.25, 0.3) is 0 Å². The third-order valence-electron chi connectivity index (χ3n) is 5.29. The third kappa shape index (κ3) is 6.13. The van der Waals surface area contributed by atoms with E-state index >= 15 is 0 Å². The average Bonchev–Trinajstić information content (AvgIpc) is 3.30. The van der Waals surface area contributed by atoms with Crippen molar-refractivity contribution in [2.24, 2.45) is 0 Å². The average molecular weight is 516 g/mol. The summed E-state index contributed by atoms with van der Waals surface area (Å²) in [5, 5.41) is 19.0. The monoisotopic (exact) mass is 515 g/mol. The van der Waals surface area contributed by atoms with E-state index in [2.05, 4.69) is 17.1 Å². The molecule has 10 heteroatoms. The highest BCUT2D eigenvalue weighted by molar-refractivity contribution is 7.90. The zero-order valence-electron chi connectivity index (χ0n) is 18.8. The second kappa shape index (κ2) is 11.3. The highest BCUT2D eigenvalue weighted by Crippen LogP contribution is 2.36. The van der Waals surface area contributed by atoms with Gasteiger partial charge in [-0.2, -0.15) is 10.5 Å². The van der Waals surface area contributed by atoms with Crippen LogP contribution in [0.2, 0.25) is 0 Å². The molecule has 3 rings (SSSR count). The van der Waals surface area contributed by atoms with Crippen LogP contribution in [0.5, 0.6) is 11.5 Å². The van der Waals surface area contributed by atoms with E-state index in [1.807, 2.05) is 26.0 Å². The van der Waals surface area contributed by atoms with Gasteiger partial charge in [0.05, 0.1) is 17.0 Å². The maximum atomic E-state index is 11.8. The van der Waals surface area contributed by atoms with Gasteiger partial charge in [0.1, 0.15) is 36.9 Å².